The minimum atomic E-state index is -1.48. The van der Waals surface area contributed by atoms with Gasteiger partial charge in [-0.1, -0.05) is 12.1 Å². The predicted octanol–water partition coefficient (Wildman–Crippen LogP) is -5.96. The summed E-state index contributed by atoms with van der Waals surface area (Å²) >= 11 is 1.32. The monoisotopic (exact) mass is 1190 g/mol. The normalized spacial score (nSPS) is 13.6. The molecule has 0 aliphatic rings. The van der Waals surface area contributed by atoms with Crippen LogP contribution in [0.2, 0.25) is 0 Å². The van der Waals surface area contributed by atoms with Crippen molar-refractivity contribution in [3.63, 3.8) is 0 Å². The highest BCUT2D eigenvalue weighted by Crippen LogP contribution is 2.13. The summed E-state index contributed by atoms with van der Waals surface area (Å²) in [5, 5.41) is 30.5. The van der Waals surface area contributed by atoms with Crippen molar-refractivity contribution in [2.24, 2.45) is 66.6 Å². The summed E-state index contributed by atoms with van der Waals surface area (Å²) < 4.78 is 0. The van der Waals surface area contributed by atoms with E-state index in [2.05, 4.69) is 63.4 Å². The number of aromatic hydroxyl groups is 1. The molecule has 1 aromatic rings. The molecule has 0 saturated carbocycles. The number of primary amides is 2. The molecular weight excluding hydrogens is 1100 g/mol. The summed E-state index contributed by atoms with van der Waals surface area (Å²) in [7, 11) is 0. The molecule has 0 fully saturated rings. The largest absolute Gasteiger partial charge is 0.508 e. The number of phenols is 1. The number of benzene rings is 1. The summed E-state index contributed by atoms with van der Waals surface area (Å²) in [5.41, 5.74) is 50.3. The van der Waals surface area contributed by atoms with Gasteiger partial charge >= 0.3 is 0 Å². The van der Waals surface area contributed by atoms with Gasteiger partial charge in [-0.15, -0.1) is 12.3 Å². The molecule has 0 radical (unpaired) electrons. The lowest BCUT2D eigenvalue weighted by atomic mass is 10.0. The van der Waals surface area contributed by atoms with Crippen LogP contribution in [0.1, 0.15) is 102 Å². The first kappa shape index (κ1) is 72.4. The number of terminal acetylenes is 1. The molecule has 0 aliphatic heterocycles. The fourth-order valence-electron chi connectivity index (χ4n) is 7.72. The Balaban J connectivity index is 3.60. The molecule has 83 heavy (non-hydrogen) atoms. The smallest absolute Gasteiger partial charge is 0.243 e. The number of thioether (sulfide) groups is 1. The molecule has 0 spiro atoms. The van der Waals surface area contributed by atoms with Gasteiger partial charge in [0.1, 0.15) is 54.1 Å². The summed E-state index contributed by atoms with van der Waals surface area (Å²) in [6.45, 7) is 1.73. The molecule has 31 nitrogen and oxygen atoms in total. The first-order valence-electron chi connectivity index (χ1n) is 26.9. The lowest BCUT2D eigenvalue weighted by Crippen LogP contribution is -2.60. The Morgan fingerprint density at radius 2 is 0.904 bits per heavy atom. The van der Waals surface area contributed by atoms with Gasteiger partial charge in [-0.3, -0.25) is 62.9 Å². The molecule has 1 rings (SSSR count). The van der Waals surface area contributed by atoms with Gasteiger partial charge < -0.3 is 99.2 Å². The van der Waals surface area contributed by atoms with E-state index in [0.717, 1.165) is 0 Å². The molecule has 462 valence electrons. The van der Waals surface area contributed by atoms with Crippen LogP contribution in [-0.2, 0) is 54.4 Å². The van der Waals surface area contributed by atoms with Gasteiger partial charge in [-0.05, 0) is 114 Å². The number of nitrogens with zero attached hydrogens (tertiary/aromatic N) is 3. The molecule has 0 bridgehead atoms. The second kappa shape index (κ2) is 40.6. The van der Waals surface area contributed by atoms with Crippen molar-refractivity contribution >= 4 is 88.7 Å². The van der Waals surface area contributed by atoms with E-state index in [0.29, 0.717) is 24.2 Å². The van der Waals surface area contributed by atoms with Crippen LogP contribution in [0.25, 0.3) is 0 Å². The van der Waals surface area contributed by atoms with Crippen molar-refractivity contribution in [3.8, 4) is 18.1 Å². The number of hydrogen-bond donors (Lipinski definition) is 18. The molecule has 32 heteroatoms. The topological polar surface area (TPSA) is 558 Å². The van der Waals surface area contributed by atoms with Crippen LogP contribution in [0.3, 0.4) is 0 Å². The summed E-state index contributed by atoms with van der Waals surface area (Å²) in [6.07, 6.45) is 7.33. The highest BCUT2D eigenvalue weighted by atomic mass is 32.2. The van der Waals surface area contributed by atoms with Gasteiger partial charge in [0, 0.05) is 45.3 Å². The summed E-state index contributed by atoms with van der Waals surface area (Å²) in [5.74, 6) is -6.28. The van der Waals surface area contributed by atoms with Gasteiger partial charge in [0.2, 0.25) is 59.1 Å². The quantitative estimate of drug-likeness (QED) is 0.0125. The number of amides is 10. The molecule has 0 aromatic heterocycles. The Morgan fingerprint density at radius 1 is 0.518 bits per heavy atom. The third-order valence-corrected chi connectivity index (χ3v) is 12.8. The maximum absolute atomic E-state index is 14.5. The van der Waals surface area contributed by atoms with E-state index in [9.17, 15) is 53.1 Å². The van der Waals surface area contributed by atoms with Crippen LogP contribution in [0.15, 0.2) is 39.2 Å². The van der Waals surface area contributed by atoms with Gasteiger partial charge in [0.05, 0.1) is 0 Å². The van der Waals surface area contributed by atoms with E-state index < -0.39 is 107 Å². The zero-order chi connectivity index (χ0) is 62.4. The van der Waals surface area contributed by atoms with Crippen LogP contribution in [-0.4, -0.2) is 169 Å². The number of unbranched alkanes of at least 4 members (excludes halogenated alkanes) is 1. The average molecular weight is 1190 g/mol. The lowest BCUT2D eigenvalue weighted by molar-refractivity contribution is -0.136. The maximum Gasteiger partial charge on any atom is 0.243 e. The Hall–Kier alpha value is -8.60. The number of guanidine groups is 3. The van der Waals surface area contributed by atoms with Crippen molar-refractivity contribution in [2.45, 2.75) is 152 Å². The first-order valence-corrected chi connectivity index (χ1v) is 28.3. The van der Waals surface area contributed by atoms with E-state index in [1.54, 1.807) is 6.26 Å². The van der Waals surface area contributed by atoms with Gasteiger partial charge in [0.15, 0.2) is 17.9 Å². The Labute approximate surface area is 487 Å². The van der Waals surface area contributed by atoms with Gasteiger partial charge in [-0.25, -0.2) is 0 Å². The Kier molecular flexibility index (Phi) is 35.4. The fraction of sp³-hybridized carbons (Fsp3) is 0.588. The van der Waals surface area contributed by atoms with E-state index in [4.69, 9.17) is 58.0 Å². The standard InChI is InChI=1S/C51H86N20O11S/c1-4-5-15-40(74)65-32(12-8-24-61-49(55)56)43(77)64-29(2)42(76)66-33(11-6-7-23-52)44(78)67-34(13-9-25-62-50(57)58)45(79)68-35(14-10-26-63-51(59)60)46(80)70-37(22-27-83-3)48(82)69-36(20-21-39(53)73)47(81)71-38(41(54)75)28-30-16-18-31(72)19-17-30/h1,16-19,29,32-38,72H,5-15,20-28,52H2,2-3H3,(H2,53,73)(H2,54,75)(H,64,77)(H,65,74)(H,66,76)(H,67,78)(H,68,79)(H,69,82)(H,70,80)(H,71,81)(H4,55,56,61)(H4,57,58,62)(H4,59,60,63)/t29-,32-,33-,34-,35-,36-,37-,38-/m0/s1. The van der Waals surface area contributed by atoms with E-state index in [-0.39, 0.29) is 133 Å². The number of nitrogens with two attached hydrogens (primary N) is 9. The number of nitrogens with one attached hydrogen (secondary N) is 8. The molecule has 0 heterocycles. The maximum atomic E-state index is 14.5. The van der Waals surface area contributed by atoms with Crippen molar-refractivity contribution in [2.75, 3.05) is 38.2 Å². The molecule has 10 amide bonds. The zero-order valence-electron chi connectivity index (χ0n) is 47.1. The van der Waals surface area contributed by atoms with Crippen LogP contribution in [0.4, 0.5) is 0 Å². The van der Waals surface area contributed by atoms with Crippen molar-refractivity contribution in [1.29, 1.82) is 0 Å². The second-order valence-electron chi connectivity index (χ2n) is 19.1. The number of phenolic OH excluding ortho intramolecular Hbond substituents is 1. The van der Waals surface area contributed by atoms with Crippen LogP contribution in [0, 0.1) is 12.3 Å². The van der Waals surface area contributed by atoms with Crippen LogP contribution in [0.5, 0.6) is 5.75 Å². The number of aliphatic imine (C=N–C) groups is 3. The number of carbonyl (C=O) groups excluding carboxylic acids is 10. The van der Waals surface area contributed by atoms with Crippen molar-refractivity contribution in [1.82, 2.24) is 42.5 Å². The van der Waals surface area contributed by atoms with E-state index >= 15 is 0 Å². The first-order chi connectivity index (χ1) is 39.3. The van der Waals surface area contributed by atoms with E-state index in [1.165, 1.54) is 43.0 Å². The fourth-order valence-corrected chi connectivity index (χ4v) is 8.19. The molecule has 8 atom stereocenters. The zero-order valence-corrected chi connectivity index (χ0v) is 47.9. The summed E-state index contributed by atoms with van der Waals surface area (Å²) in [6, 6.07) is -4.97. The molecule has 0 unspecified atom stereocenters. The Bertz CT molecular complexity index is 2430. The third-order valence-electron chi connectivity index (χ3n) is 12.2. The molecule has 27 N–H and O–H groups in total. The highest BCUT2D eigenvalue weighted by Gasteiger charge is 2.34. The lowest BCUT2D eigenvalue weighted by Gasteiger charge is -2.28. The van der Waals surface area contributed by atoms with Gasteiger partial charge in [0.25, 0.3) is 0 Å². The molecule has 1 aromatic carbocycles. The second-order valence-corrected chi connectivity index (χ2v) is 20.1. The van der Waals surface area contributed by atoms with Crippen LogP contribution < -0.4 is 94.1 Å². The number of rotatable bonds is 42. The number of hydrogen-bond acceptors (Lipinski definition) is 16. The number of carbonyl (C=O) groups is 10. The van der Waals surface area contributed by atoms with Crippen molar-refractivity contribution in [3.05, 3.63) is 29.8 Å². The molecule has 0 saturated heterocycles. The SMILES string of the molecule is C#CCCC(=O)N[C@@H](CCCN=C(N)N)C(=O)N[C@@H](C)C(=O)N[C@@H](CCCCN)C(=O)N[C@@H](CCCN=C(N)N)C(=O)N[C@@H](CCCN=C(N)N)C(=O)N[C@@H](CCSC)C(=O)N[C@@H](CCC(N)=O)C(=O)N[C@@H](Cc1ccc(O)cc1)C(N)=O. The molecular formula is C51H86N20O11S. The Morgan fingerprint density at radius 3 is 1.30 bits per heavy atom. The minimum Gasteiger partial charge on any atom is -0.508 e. The predicted molar refractivity (Wildman–Crippen MR) is 314 cm³/mol. The van der Waals surface area contributed by atoms with Crippen molar-refractivity contribution < 1.29 is 53.1 Å². The van der Waals surface area contributed by atoms with E-state index in [1.807, 2.05) is 0 Å². The highest BCUT2D eigenvalue weighted by molar-refractivity contribution is 7.98. The minimum absolute atomic E-state index is 0.00295. The third kappa shape index (κ3) is 31.8. The average Bonchev–Trinajstić information content (AvgIpc) is 3.54. The van der Waals surface area contributed by atoms with Gasteiger partial charge in [-0.2, -0.15) is 11.8 Å². The molecule has 0 aliphatic carbocycles. The summed E-state index contributed by atoms with van der Waals surface area (Å²) in [4.78, 5) is 147. The van der Waals surface area contributed by atoms with Crippen LogP contribution >= 0.6 is 11.8 Å².